The molecule has 0 saturated carbocycles. The number of nitrogens with one attached hydrogen (secondary N) is 1. The quantitative estimate of drug-likeness (QED) is 0.702. The summed E-state index contributed by atoms with van der Waals surface area (Å²) in [7, 11) is 0. The Kier molecular flexibility index (Phi) is 6.65. The summed E-state index contributed by atoms with van der Waals surface area (Å²) in [6.07, 6.45) is 3.01. The minimum absolute atomic E-state index is 0.319. The van der Waals surface area contributed by atoms with Crippen molar-refractivity contribution in [2.75, 3.05) is 18.1 Å². The molecule has 2 nitrogen and oxygen atoms in total. The van der Waals surface area contributed by atoms with Gasteiger partial charge in [0.05, 0.1) is 12.3 Å². The molecule has 3 heteroatoms. The lowest BCUT2D eigenvalue weighted by molar-refractivity contribution is 0.438. The van der Waals surface area contributed by atoms with Crippen molar-refractivity contribution in [3.05, 3.63) is 24.2 Å². The molecule has 1 aromatic heterocycles. The summed E-state index contributed by atoms with van der Waals surface area (Å²) >= 11 is 2.03. The zero-order valence-electron chi connectivity index (χ0n) is 10.5. The third-order valence-electron chi connectivity index (χ3n) is 2.77. The van der Waals surface area contributed by atoms with Gasteiger partial charge in [0.25, 0.3) is 0 Å². The van der Waals surface area contributed by atoms with Gasteiger partial charge in [0.1, 0.15) is 5.76 Å². The molecular weight excluding hydrogens is 218 g/mol. The molecule has 1 heterocycles. The van der Waals surface area contributed by atoms with Gasteiger partial charge in [-0.1, -0.05) is 20.3 Å². The van der Waals surface area contributed by atoms with Gasteiger partial charge >= 0.3 is 0 Å². The first-order chi connectivity index (χ1) is 7.74. The highest BCUT2D eigenvalue weighted by Gasteiger charge is 2.06. The molecule has 0 amide bonds. The summed E-state index contributed by atoms with van der Waals surface area (Å²) in [4.78, 5) is 0. The van der Waals surface area contributed by atoms with Gasteiger partial charge in [-0.05, 0) is 30.7 Å². The predicted molar refractivity (Wildman–Crippen MR) is 71.9 cm³/mol. The van der Waals surface area contributed by atoms with Crippen LogP contribution in [0.25, 0.3) is 0 Å². The first-order valence-electron chi connectivity index (χ1n) is 6.08. The van der Waals surface area contributed by atoms with Crippen LogP contribution < -0.4 is 5.32 Å². The van der Waals surface area contributed by atoms with Gasteiger partial charge in [-0.2, -0.15) is 11.8 Å². The maximum atomic E-state index is 5.34. The molecule has 2 atom stereocenters. The molecule has 16 heavy (non-hydrogen) atoms. The average molecular weight is 241 g/mol. The van der Waals surface area contributed by atoms with Gasteiger partial charge in [0, 0.05) is 12.3 Å². The molecule has 1 rings (SSSR count). The number of rotatable bonds is 8. The highest BCUT2D eigenvalue weighted by atomic mass is 32.2. The highest BCUT2D eigenvalue weighted by Crippen LogP contribution is 2.13. The molecule has 0 aliphatic heterocycles. The molecule has 0 aromatic carbocycles. The molecule has 0 fully saturated rings. The Morgan fingerprint density at radius 2 is 2.25 bits per heavy atom. The topological polar surface area (TPSA) is 25.2 Å². The van der Waals surface area contributed by atoms with Crippen LogP contribution in [-0.4, -0.2) is 18.1 Å². The Balaban J connectivity index is 2.03. The Morgan fingerprint density at radius 3 is 2.88 bits per heavy atom. The Labute approximate surface area is 103 Å². The molecule has 0 radical (unpaired) electrons. The van der Waals surface area contributed by atoms with Crippen molar-refractivity contribution in [2.45, 2.75) is 33.2 Å². The molecule has 0 bridgehead atoms. The Morgan fingerprint density at radius 1 is 1.44 bits per heavy atom. The lowest BCUT2D eigenvalue weighted by Gasteiger charge is -2.12. The molecular formula is C13H23NOS. The lowest BCUT2D eigenvalue weighted by atomic mass is 10.2. The molecule has 0 spiro atoms. The fourth-order valence-electron chi connectivity index (χ4n) is 1.39. The first-order valence-corrected chi connectivity index (χ1v) is 7.24. The Bertz CT molecular complexity index is 261. The fraction of sp³-hybridized carbons (Fsp3) is 0.692. The third-order valence-corrected chi connectivity index (χ3v) is 4.06. The second-order valence-corrected chi connectivity index (χ2v) is 5.43. The third kappa shape index (κ3) is 5.08. The molecule has 92 valence electrons. The van der Waals surface area contributed by atoms with Crippen molar-refractivity contribution >= 4 is 11.8 Å². The maximum Gasteiger partial charge on any atom is 0.120 e. The van der Waals surface area contributed by atoms with Gasteiger partial charge in [-0.15, -0.1) is 0 Å². The zero-order valence-corrected chi connectivity index (χ0v) is 11.3. The monoisotopic (exact) mass is 241 g/mol. The summed E-state index contributed by atoms with van der Waals surface area (Å²) < 4.78 is 5.34. The van der Waals surface area contributed by atoms with Crippen molar-refractivity contribution < 1.29 is 4.42 Å². The summed E-state index contributed by atoms with van der Waals surface area (Å²) in [5, 5.41) is 3.46. The van der Waals surface area contributed by atoms with Crippen molar-refractivity contribution in [2.24, 2.45) is 5.92 Å². The SMILES string of the molecule is CCC(C)CSCCNC(C)c1ccco1. The highest BCUT2D eigenvalue weighted by molar-refractivity contribution is 7.99. The van der Waals surface area contributed by atoms with Gasteiger partial charge < -0.3 is 9.73 Å². The number of hydrogen-bond acceptors (Lipinski definition) is 3. The van der Waals surface area contributed by atoms with E-state index in [9.17, 15) is 0 Å². The molecule has 0 aliphatic carbocycles. The minimum atomic E-state index is 0.319. The summed E-state index contributed by atoms with van der Waals surface area (Å²) in [6.45, 7) is 7.75. The van der Waals surface area contributed by atoms with E-state index in [1.54, 1.807) is 6.26 Å². The zero-order chi connectivity index (χ0) is 11.8. The van der Waals surface area contributed by atoms with Crippen LogP contribution in [0.15, 0.2) is 22.8 Å². The van der Waals surface area contributed by atoms with Crippen LogP contribution in [0.2, 0.25) is 0 Å². The van der Waals surface area contributed by atoms with Crippen molar-refractivity contribution in [1.82, 2.24) is 5.32 Å². The summed E-state index contributed by atoms with van der Waals surface area (Å²) in [5.74, 6) is 4.31. The molecule has 2 unspecified atom stereocenters. The fourth-order valence-corrected chi connectivity index (χ4v) is 2.46. The van der Waals surface area contributed by atoms with E-state index in [-0.39, 0.29) is 0 Å². The molecule has 0 saturated heterocycles. The van der Waals surface area contributed by atoms with Crippen LogP contribution in [0.3, 0.4) is 0 Å². The van der Waals surface area contributed by atoms with Crippen LogP contribution in [0.4, 0.5) is 0 Å². The summed E-state index contributed by atoms with van der Waals surface area (Å²) in [6, 6.07) is 4.27. The smallest absolute Gasteiger partial charge is 0.120 e. The van der Waals surface area contributed by atoms with Crippen molar-refractivity contribution in [3.8, 4) is 0 Å². The second-order valence-electron chi connectivity index (χ2n) is 4.28. The van der Waals surface area contributed by atoms with Crippen molar-refractivity contribution in [3.63, 3.8) is 0 Å². The van der Waals surface area contributed by atoms with Crippen LogP contribution >= 0.6 is 11.8 Å². The minimum Gasteiger partial charge on any atom is -0.468 e. The van der Waals surface area contributed by atoms with E-state index in [1.165, 1.54) is 17.9 Å². The summed E-state index contributed by atoms with van der Waals surface area (Å²) in [5.41, 5.74) is 0. The van der Waals surface area contributed by atoms with E-state index in [0.717, 1.165) is 18.2 Å². The van der Waals surface area contributed by atoms with E-state index < -0.39 is 0 Å². The van der Waals surface area contributed by atoms with E-state index in [0.29, 0.717) is 6.04 Å². The maximum absolute atomic E-state index is 5.34. The largest absolute Gasteiger partial charge is 0.468 e. The molecule has 0 aliphatic rings. The number of furan rings is 1. The van der Waals surface area contributed by atoms with E-state index in [2.05, 4.69) is 26.1 Å². The molecule has 1 aromatic rings. The van der Waals surface area contributed by atoms with Crippen molar-refractivity contribution in [1.29, 1.82) is 0 Å². The van der Waals surface area contributed by atoms with E-state index >= 15 is 0 Å². The lowest BCUT2D eigenvalue weighted by Crippen LogP contribution is -2.21. The molecule has 1 N–H and O–H groups in total. The van der Waals surface area contributed by atoms with Crippen LogP contribution in [0.1, 0.15) is 39.0 Å². The normalized spacial score (nSPS) is 14.9. The second kappa shape index (κ2) is 7.80. The standard InChI is InChI=1S/C13H23NOS/c1-4-11(2)10-16-9-7-14-12(3)13-6-5-8-15-13/h5-6,8,11-12,14H,4,7,9-10H2,1-3H3. The van der Waals surface area contributed by atoms with Gasteiger partial charge in [0.2, 0.25) is 0 Å². The van der Waals surface area contributed by atoms with Crippen LogP contribution in [-0.2, 0) is 0 Å². The van der Waals surface area contributed by atoms with Gasteiger partial charge in [-0.25, -0.2) is 0 Å². The number of hydrogen-bond donors (Lipinski definition) is 1. The van der Waals surface area contributed by atoms with Crippen LogP contribution in [0, 0.1) is 5.92 Å². The van der Waals surface area contributed by atoms with E-state index in [4.69, 9.17) is 4.42 Å². The first kappa shape index (κ1) is 13.7. The predicted octanol–water partition coefficient (Wildman–Crippen LogP) is 3.71. The van der Waals surface area contributed by atoms with Gasteiger partial charge in [0.15, 0.2) is 0 Å². The van der Waals surface area contributed by atoms with Crippen LogP contribution in [0.5, 0.6) is 0 Å². The van der Waals surface area contributed by atoms with Gasteiger partial charge in [-0.3, -0.25) is 0 Å². The average Bonchev–Trinajstić information content (AvgIpc) is 2.81. The van der Waals surface area contributed by atoms with E-state index in [1.807, 2.05) is 23.9 Å². The Hall–Kier alpha value is -0.410. The number of thioether (sulfide) groups is 1.